The second-order valence-corrected chi connectivity index (χ2v) is 8.43. The molecule has 6 heteroatoms. The van der Waals surface area contributed by atoms with Crippen molar-refractivity contribution in [3.63, 3.8) is 0 Å². The number of amides is 1. The van der Waals surface area contributed by atoms with Crippen LogP contribution >= 0.6 is 0 Å². The van der Waals surface area contributed by atoms with Crippen LogP contribution in [0.5, 0.6) is 5.75 Å². The fourth-order valence-corrected chi connectivity index (χ4v) is 4.42. The molecule has 4 aromatic rings. The number of aromatic nitrogens is 2. The number of anilines is 2. The lowest BCUT2D eigenvalue weighted by molar-refractivity contribution is 0.0791. The van der Waals surface area contributed by atoms with Crippen LogP contribution in [-0.4, -0.2) is 41.0 Å². The van der Waals surface area contributed by atoms with Crippen molar-refractivity contribution in [2.24, 2.45) is 0 Å². The molecule has 5 rings (SSSR count). The molecule has 166 valence electrons. The fourth-order valence-electron chi connectivity index (χ4n) is 4.42. The number of carbonyl (C=O) groups excluding carboxylic acids is 1. The van der Waals surface area contributed by atoms with Crippen molar-refractivity contribution in [3.8, 4) is 5.75 Å². The van der Waals surface area contributed by atoms with E-state index in [9.17, 15) is 4.79 Å². The van der Waals surface area contributed by atoms with Crippen molar-refractivity contribution in [3.05, 3.63) is 89.9 Å². The van der Waals surface area contributed by atoms with Gasteiger partial charge in [-0.3, -0.25) is 14.8 Å². The van der Waals surface area contributed by atoms with Gasteiger partial charge in [0.25, 0.3) is 5.91 Å². The van der Waals surface area contributed by atoms with Crippen molar-refractivity contribution in [1.29, 1.82) is 0 Å². The number of aryl methyl sites for hydroxylation is 1. The summed E-state index contributed by atoms with van der Waals surface area (Å²) < 4.78 is 5.32. The highest BCUT2D eigenvalue weighted by Gasteiger charge is 2.29. The predicted octanol–water partition coefficient (Wildman–Crippen LogP) is 5.32. The Hall–Kier alpha value is -3.93. The molecule has 1 N–H and O–H groups in total. The average Bonchev–Trinajstić information content (AvgIpc) is 3.33. The molecule has 0 saturated carbocycles. The minimum Gasteiger partial charge on any atom is -0.497 e. The van der Waals surface area contributed by atoms with Gasteiger partial charge in [0.15, 0.2) is 0 Å². The third-order valence-corrected chi connectivity index (χ3v) is 6.08. The normalized spacial score (nSPS) is 15.6. The first-order valence-corrected chi connectivity index (χ1v) is 11.1. The number of ether oxygens (including phenoxy) is 1. The first kappa shape index (κ1) is 20.9. The maximum Gasteiger partial charge on any atom is 0.253 e. The van der Waals surface area contributed by atoms with Gasteiger partial charge >= 0.3 is 0 Å². The van der Waals surface area contributed by atoms with Gasteiger partial charge in [-0.25, -0.2) is 0 Å². The van der Waals surface area contributed by atoms with Crippen molar-refractivity contribution < 1.29 is 9.53 Å². The maximum absolute atomic E-state index is 13.2. The van der Waals surface area contributed by atoms with Crippen LogP contribution in [0.3, 0.4) is 0 Å². The van der Waals surface area contributed by atoms with Crippen LogP contribution in [0.1, 0.15) is 34.1 Å². The van der Waals surface area contributed by atoms with Crippen LogP contribution in [0.2, 0.25) is 0 Å². The SMILES string of the molecule is COc1cccc(Nc2cc(C)nc(C3CCN(C(=O)c4ccc5ncccc5c4)C3)c2)c1. The predicted molar refractivity (Wildman–Crippen MR) is 130 cm³/mol. The highest BCUT2D eigenvalue weighted by molar-refractivity contribution is 5.98. The Bertz CT molecular complexity index is 1320. The van der Waals surface area contributed by atoms with Crippen molar-refractivity contribution in [1.82, 2.24) is 14.9 Å². The van der Waals surface area contributed by atoms with Gasteiger partial charge in [-0.05, 0) is 61.9 Å². The molecule has 1 aliphatic heterocycles. The third kappa shape index (κ3) is 4.51. The Morgan fingerprint density at radius 3 is 2.85 bits per heavy atom. The van der Waals surface area contributed by atoms with Gasteiger partial charge in [0, 0.05) is 65.0 Å². The minimum atomic E-state index is 0.0608. The molecular formula is C27H26N4O2. The Kier molecular flexibility index (Phi) is 5.65. The molecule has 2 aromatic carbocycles. The van der Waals surface area contributed by atoms with Crippen LogP contribution in [0.25, 0.3) is 10.9 Å². The largest absolute Gasteiger partial charge is 0.497 e. The van der Waals surface area contributed by atoms with E-state index in [1.807, 2.05) is 72.5 Å². The van der Waals surface area contributed by atoms with Gasteiger partial charge in [0.1, 0.15) is 5.75 Å². The van der Waals surface area contributed by atoms with Gasteiger partial charge < -0.3 is 15.0 Å². The highest BCUT2D eigenvalue weighted by Crippen LogP contribution is 2.30. The molecule has 0 bridgehead atoms. The summed E-state index contributed by atoms with van der Waals surface area (Å²) in [5.41, 5.74) is 5.50. The number of rotatable bonds is 5. The zero-order valence-corrected chi connectivity index (χ0v) is 18.8. The number of nitrogens with one attached hydrogen (secondary N) is 1. The van der Waals surface area contributed by atoms with E-state index in [1.165, 1.54) is 0 Å². The number of nitrogens with zero attached hydrogens (tertiary/aromatic N) is 3. The molecule has 1 unspecified atom stereocenters. The number of hydrogen-bond donors (Lipinski definition) is 1. The van der Waals surface area contributed by atoms with Gasteiger partial charge in [0.2, 0.25) is 0 Å². The summed E-state index contributed by atoms with van der Waals surface area (Å²) in [6.45, 7) is 3.39. The quantitative estimate of drug-likeness (QED) is 0.457. The van der Waals surface area contributed by atoms with Gasteiger partial charge in [-0.15, -0.1) is 0 Å². The number of benzene rings is 2. The van der Waals surface area contributed by atoms with Crippen molar-refractivity contribution >= 4 is 28.2 Å². The van der Waals surface area contributed by atoms with E-state index in [0.717, 1.165) is 52.4 Å². The second-order valence-electron chi connectivity index (χ2n) is 8.43. The second kappa shape index (κ2) is 8.90. The number of likely N-dealkylation sites (tertiary alicyclic amines) is 1. The summed E-state index contributed by atoms with van der Waals surface area (Å²) in [7, 11) is 1.66. The lowest BCUT2D eigenvalue weighted by Gasteiger charge is -2.18. The molecule has 33 heavy (non-hydrogen) atoms. The lowest BCUT2D eigenvalue weighted by Crippen LogP contribution is -2.28. The van der Waals surface area contributed by atoms with E-state index in [-0.39, 0.29) is 11.8 Å². The van der Waals surface area contributed by atoms with Crippen LogP contribution in [0.15, 0.2) is 72.9 Å². The van der Waals surface area contributed by atoms with Crippen molar-refractivity contribution in [2.45, 2.75) is 19.3 Å². The van der Waals surface area contributed by atoms with Crippen LogP contribution in [-0.2, 0) is 0 Å². The molecule has 1 saturated heterocycles. The molecule has 2 aromatic heterocycles. The Labute approximate surface area is 193 Å². The summed E-state index contributed by atoms with van der Waals surface area (Å²) in [5, 5.41) is 4.43. The highest BCUT2D eigenvalue weighted by atomic mass is 16.5. The number of methoxy groups -OCH3 is 1. The van der Waals surface area contributed by atoms with E-state index in [2.05, 4.69) is 16.4 Å². The summed E-state index contributed by atoms with van der Waals surface area (Å²) in [5.74, 6) is 1.08. The van der Waals surface area contributed by atoms with Crippen LogP contribution < -0.4 is 10.1 Å². The number of hydrogen-bond acceptors (Lipinski definition) is 5. The van der Waals surface area contributed by atoms with Crippen molar-refractivity contribution in [2.75, 3.05) is 25.5 Å². The van der Waals surface area contributed by atoms with Gasteiger partial charge in [0.05, 0.1) is 12.6 Å². The molecule has 1 aliphatic rings. The number of fused-ring (bicyclic) bond motifs is 1. The standard InChI is InChI=1S/C27H26N4O2/c1-18-13-23(30-22-6-3-7-24(15-22)33-2)16-26(29-18)21-10-12-31(17-21)27(32)20-8-9-25-19(14-20)5-4-11-28-25/h3-9,11,13-16,21H,10,12,17H2,1-2H3,(H,29,30). The zero-order chi connectivity index (χ0) is 22.8. The third-order valence-electron chi connectivity index (χ3n) is 6.08. The monoisotopic (exact) mass is 438 g/mol. The van der Waals surface area contributed by atoms with E-state index in [4.69, 9.17) is 9.72 Å². The Morgan fingerprint density at radius 2 is 1.97 bits per heavy atom. The van der Waals surface area contributed by atoms with E-state index >= 15 is 0 Å². The molecule has 1 fully saturated rings. The Morgan fingerprint density at radius 1 is 1.06 bits per heavy atom. The molecule has 1 atom stereocenters. The Balaban J connectivity index is 1.32. The number of pyridine rings is 2. The molecule has 6 nitrogen and oxygen atoms in total. The first-order chi connectivity index (χ1) is 16.1. The molecule has 0 spiro atoms. The molecule has 0 aliphatic carbocycles. The molecule has 0 radical (unpaired) electrons. The lowest BCUT2D eigenvalue weighted by atomic mass is 10.0. The summed E-state index contributed by atoms with van der Waals surface area (Å²) >= 11 is 0. The van der Waals surface area contributed by atoms with E-state index in [0.29, 0.717) is 12.1 Å². The first-order valence-electron chi connectivity index (χ1n) is 11.1. The molecular weight excluding hydrogens is 412 g/mol. The van der Waals surface area contributed by atoms with Crippen LogP contribution in [0.4, 0.5) is 11.4 Å². The van der Waals surface area contributed by atoms with Crippen LogP contribution in [0, 0.1) is 6.92 Å². The van der Waals surface area contributed by atoms with Gasteiger partial charge in [-0.2, -0.15) is 0 Å². The summed E-state index contributed by atoms with van der Waals surface area (Å²) in [6, 6.07) is 21.6. The maximum atomic E-state index is 13.2. The molecule has 1 amide bonds. The summed E-state index contributed by atoms with van der Waals surface area (Å²) in [4.78, 5) is 24.2. The minimum absolute atomic E-state index is 0.0608. The fraction of sp³-hybridized carbons (Fsp3) is 0.222. The van der Waals surface area contributed by atoms with E-state index in [1.54, 1.807) is 13.3 Å². The average molecular weight is 439 g/mol. The van der Waals surface area contributed by atoms with E-state index < -0.39 is 0 Å². The number of carbonyl (C=O) groups is 1. The van der Waals surface area contributed by atoms with Gasteiger partial charge in [-0.1, -0.05) is 12.1 Å². The topological polar surface area (TPSA) is 67.3 Å². The smallest absolute Gasteiger partial charge is 0.253 e. The molecule has 3 heterocycles. The zero-order valence-electron chi connectivity index (χ0n) is 18.8. The summed E-state index contributed by atoms with van der Waals surface area (Å²) in [6.07, 6.45) is 2.66.